The fraction of sp³-hybridized carbons (Fsp3) is 0.435. The summed E-state index contributed by atoms with van der Waals surface area (Å²) in [4.78, 5) is 13.9. The van der Waals surface area contributed by atoms with E-state index in [4.69, 9.17) is 4.99 Å². The highest BCUT2D eigenvalue weighted by Gasteiger charge is 2.28. The molecule has 0 spiro atoms. The van der Waals surface area contributed by atoms with Crippen LogP contribution in [0.5, 0.6) is 0 Å². The van der Waals surface area contributed by atoms with E-state index in [2.05, 4.69) is 34.7 Å². The van der Waals surface area contributed by atoms with Crippen molar-refractivity contribution in [2.24, 2.45) is 4.99 Å². The first-order chi connectivity index (χ1) is 14.6. The van der Waals surface area contributed by atoms with Crippen LogP contribution in [0.15, 0.2) is 40.5 Å². The molecule has 0 N–H and O–H groups in total. The minimum atomic E-state index is -0.262. The second-order valence-electron chi connectivity index (χ2n) is 7.30. The molecule has 0 radical (unpaired) electrons. The average Bonchev–Trinajstić information content (AvgIpc) is 2.78. The van der Waals surface area contributed by atoms with Gasteiger partial charge in [-0.2, -0.15) is 5.26 Å². The predicted molar refractivity (Wildman–Crippen MR) is 122 cm³/mol. The van der Waals surface area contributed by atoms with Crippen molar-refractivity contribution in [3.63, 3.8) is 0 Å². The molecule has 7 heteroatoms. The maximum Gasteiger partial charge on any atom is 0.206 e. The first kappa shape index (κ1) is 22.1. The Labute approximate surface area is 182 Å². The summed E-state index contributed by atoms with van der Waals surface area (Å²) in [5.74, 6) is 0.562. The molecule has 158 valence electrons. The molecule has 1 aromatic carbocycles. The number of halogens is 1. The Morgan fingerprint density at radius 1 is 1.17 bits per heavy atom. The van der Waals surface area contributed by atoms with Gasteiger partial charge in [0, 0.05) is 30.5 Å². The zero-order valence-electron chi connectivity index (χ0n) is 17.9. The number of thioether (sulfide) groups is 1. The van der Waals surface area contributed by atoms with Gasteiger partial charge in [-0.05, 0) is 43.4 Å². The second kappa shape index (κ2) is 10.4. The highest BCUT2D eigenvalue weighted by atomic mass is 32.2. The van der Waals surface area contributed by atoms with Crippen LogP contribution in [0.3, 0.4) is 0 Å². The first-order valence-electron chi connectivity index (χ1n) is 10.5. The number of hydrogen-bond donors (Lipinski definition) is 0. The zero-order chi connectivity index (χ0) is 21.5. The summed E-state index contributed by atoms with van der Waals surface area (Å²) in [6.07, 6.45) is 8.03. The molecule has 0 bridgehead atoms. The Morgan fingerprint density at radius 2 is 1.83 bits per heavy atom. The number of aromatic nitrogens is 1. The fourth-order valence-corrected chi connectivity index (χ4v) is 4.01. The maximum absolute atomic E-state index is 13.6. The highest BCUT2D eigenvalue weighted by molar-refractivity contribution is 7.98. The van der Waals surface area contributed by atoms with E-state index >= 15 is 0 Å². The smallest absolute Gasteiger partial charge is 0.206 e. The minimum Gasteiger partial charge on any atom is -0.342 e. The average molecular weight is 426 g/mol. The summed E-state index contributed by atoms with van der Waals surface area (Å²) < 4.78 is 13.6. The van der Waals surface area contributed by atoms with Crippen LogP contribution in [0.2, 0.25) is 0 Å². The van der Waals surface area contributed by atoms with Crippen LogP contribution >= 0.6 is 11.8 Å². The number of aliphatic imine (C=N–C) groups is 1. The van der Waals surface area contributed by atoms with Crippen LogP contribution in [0, 0.1) is 17.1 Å². The molecule has 3 rings (SSSR count). The van der Waals surface area contributed by atoms with Gasteiger partial charge >= 0.3 is 0 Å². The van der Waals surface area contributed by atoms with E-state index < -0.39 is 0 Å². The van der Waals surface area contributed by atoms with Gasteiger partial charge in [0.25, 0.3) is 0 Å². The van der Waals surface area contributed by atoms with E-state index in [0.717, 1.165) is 56.0 Å². The van der Waals surface area contributed by atoms with Crippen LogP contribution in [-0.2, 0) is 6.54 Å². The molecule has 2 heterocycles. The molecule has 0 saturated carbocycles. The Hall–Kier alpha value is -2.59. The molecule has 0 aliphatic carbocycles. The number of rotatable bonds is 8. The van der Waals surface area contributed by atoms with Crippen molar-refractivity contribution in [3.8, 4) is 6.07 Å². The molecule has 0 fully saturated rings. The van der Waals surface area contributed by atoms with Crippen LogP contribution < -0.4 is 4.90 Å². The normalized spacial score (nSPS) is 12.9. The SMILES string of the molecule is CCCCN(CCCC)C1=Nc2c(cnc(SC)c2C#N)CN1c1ccc(F)cc1. The molecule has 0 amide bonds. The van der Waals surface area contributed by atoms with Crippen molar-refractivity contribution in [1.82, 2.24) is 9.88 Å². The molecule has 5 nitrogen and oxygen atoms in total. The summed E-state index contributed by atoms with van der Waals surface area (Å²) in [6, 6.07) is 8.81. The van der Waals surface area contributed by atoms with E-state index in [1.807, 2.05) is 6.26 Å². The summed E-state index contributed by atoms with van der Waals surface area (Å²) in [6.45, 7) is 6.69. The van der Waals surface area contributed by atoms with Crippen LogP contribution in [0.4, 0.5) is 15.8 Å². The van der Waals surface area contributed by atoms with Gasteiger partial charge in [0.15, 0.2) is 0 Å². The third-order valence-corrected chi connectivity index (χ3v) is 5.86. The number of pyridine rings is 1. The lowest BCUT2D eigenvalue weighted by atomic mass is 10.1. The summed E-state index contributed by atoms with van der Waals surface area (Å²) in [5, 5.41) is 10.5. The summed E-state index contributed by atoms with van der Waals surface area (Å²) in [7, 11) is 0. The summed E-state index contributed by atoms with van der Waals surface area (Å²) in [5.41, 5.74) is 3.03. The Balaban J connectivity index is 2.12. The largest absolute Gasteiger partial charge is 0.342 e. The number of benzene rings is 1. The lowest BCUT2D eigenvalue weighted by Gasteiger charge is -2.37. The van der Waals surface area contributed by atoms with Crippen molar-refractivity contribution in [3.05, 3.63) is 47.4 Å². The molecule has 0 unspecified atom stereocenters. The van der Waals surface area contributed by atoms with E-state index in [1.165, 1.54) is 23.9 Å². The van der Waals surface area contributed by atoms with Gasteiger partial charge in [-0.1, -0.05) is 26.7 Å². The molecule has 1 aliphatic rings. The quantitative estimate of drug-likeness (QED) is 0.506. The van der Waals surface area contributed by atoms with Gasteiger partial charge in [-0.15, -0.1) is 11.8 Å². The number of unbranched alkanes of at least 4 members (excludes halogenated alkanes) is 2. The van der Waals surface area contributed by atoms with Crippen molar-refractivity contribution < 1.29 is 4.39 Å². The zero-order valence-corrected chi connectivity index (χ0v) is 18.7. The van der Waals surface area contributed by atoms with Crippen molar-refractivity contribution in [2.75, 3.05) is 24.2 Å². The van der Waals surface area contributed by atoms with E-state index in [-0.39, 0.29) is 5.82 Å². The van der Waals surface area contributed by atoms with Crippen molar-refractivity contribution in [2.45, 2.75) is 51.1 Å². The van der Waals surface area contributed by atoms with E-state index in [0.29, 0.717) is 22.8 Å². The van der Waals surface area contributed by atoms with Gasteiger partial charge in [0.05, 0.1) is 12.2 Å². The number of anilines is 1. The van der Waals surface area contributed by atoms with Gasteiger partial charge in [-0.25, -0.2) is 14.4 Å². The molecular weight excluding hydrogens is 397 g/mol. The number of guanidine groups is 1. The van der Waals surface area contributed by atoms with Gasteiger partial charge in [0.1, 0.15) is 22.5 Å². The van der Waals surface area contributed by atoms with Gasteiger partial charge in [0.2, 0.25) is 5.96 Å². The lowest BCUT2D eigenvalue weighted by Crippen LogP contribution is -2.46. The van der Waals surface area contributed by atoms with Crippen LogP contribution in [-0.4, -0.2) is 35.2 Å². The highest BCUT2D eigenvalue weighted by Crippen LogP contribution is 2.36. The Bertz CT molecular complexity index is 928. The van der Waals surface area contributed by atoms with Crippen molar-refractivity contribution >= 4 is 29.1 Å². The number of fused-ring (bicyclic) bond motifs is 1. The fourth-order valence-electron chi connectivity index (χ4n) is 3.50. The first-order valence-corrected chi connectivity index (χ1v) is 11.7. The van der Waals surface area contributed by atoms with Crippen LogP contribution in [0.25, 0.3) is 0 Å². The van der Waals surface area contributed by atoms with Crippen molar-refractivity contribution in [1.29, 1.82) is 5.26 Å². The third kappa shape index (κ3) is 4.76. The standard InChI is InChI=1S/C23H28FN5S/c1-4-6-12-28(13-7-5-2)23-27-21-17(15-26-22(30-3)20(21)14-25)16-29(23)19-10-8-18(24)9-11-19/h8-11,15H,4-7,12-13,16H2,1-3H3. The molecule has 2 aromatic rings. The predicted octanol–water partition coefficient (Wildman–Crippen LogP) is 5.72. The lowest BCUT2D eigenvalue weighted by molar-refractivity contribution is 0.389. The van der Waals surface area contributed by atoms with E-state index in [1.54, 1.807) is 18.3 Å². The molecule has 1 aliphatic heterocycles. The minimum absolute atomic E-state index is 0.262. The molecule has 0 saturated heterocycles. The van der Waals surface area contributed by atoms with E-state index in [9.17, 15) is 9.65 Å². The maximum atomic E-state index is 13.6. The number of nitriles is 1. The summed E-state index contributed by atoms with van der Waals surface area (Å²) >= 11 is 1.46. The Kier molecular flexibility index (Phi) is 7.69. The van der Waals surface area contributed by atoms with Crippen LogP contribution in [0.1, 0.15) is 50.7 Å². The molecule has 1 aromatic heterocycles. The Morgan fingerprint density at radius 3 is 2.40 bits per heavy atom. The monoisotopic (exact) mass is 425 g/mol. The molecule has 30 heavy (non-hydrogen) atoms. The molecule has 0 atom stereocenters. The third-order valence-electron chi connectivity index (χ3n) is 5.16. The van der Waals surface area contributed by atoms with Gasteiger partial charge in [-0.3, -0.25) is 0 Å². The van der Waals surface area contributed by atoms with Gasteiger partial charge < -0.3 is 9.80 Å². The second-order valence-corrected chi connectivity index (χ2v) is 8.09. The number of nitrogens with zero attached hydrogens (tertiary/aromatic N) is 5. The topological polar surface area (TPSA) is 55.5 Å². The molecular formula is C23H28FN5S. The number of hydrogen-bond acceptors (Lipinski definition) is 6.